The van der Waals surface area contributed by atoms with Gasteiger partial charge in [0.05, 0.1) is 11.7 Å². The highest BCUT2D eigenvalue weighted by atomic mass is 32.2. The van der Waals surface area contributed by atoms with Gasteiger partial charge in [0.1, 0.15) is 22.5 Å². The molecular weight excluding hydrogens is 472 g/mol. The van der Waals surface area contributed by atoms with Crippen molar-refractivity contribution in [3.05, 3.63) is 59.7 Å². The molecule has 0 saturated heterocycles. The van der Waals surface area contributed by atoms with Crippen LogP contribution in [0, 0.1) is 11.8 Å². The number of carbonyl (C=O) groups is 3. The van der Waals surface area contributed by atoms with Crippen LogP contribution in [0.4, 0.5) is 4.79 Å². The SMILES string of the molecule is CS(=O)(=O)CCC(NC(=O)OCC1c2ccccc2-c2ccccc21)C(=O)NC[C@H]1C[C@H]1C(=O)O. The van der Waals surface area contributed by atoms with Gasteiger partial charge in [0, 0.05) is 18.7 Å². The molecule has 9 nitrogen and oxygen atoms in total. The lowest BCUT2D eigenvalue weighted by molar-refractivity contribution is -0.139. The summed E-state index contributed by atoms with van der Waals surface area (Å²) >= 11 is 0. The molecule has 0 heterocycles. The Balaban J connectivity index is 1.37. The molecule has 1 fully saturated rings. The topological polar surface area (TPSA) is 139 Å². The number of alkyl carbamates (subject to hydrolysis) is 1. The van der Waals surface area contributed by atoms with Crippen molar-refractivity contribution in [2.24, 2.45) is 11.8 Å². The predicted molar refractivity (Wildman–Crippen MR) is 129 cm³/mol. The second-order valence-electron chi connectivity index (χ2n) is 9.13. The van der Waals surface area contributed by atoms with E-state index in [1.165, 1.54) is 0 Å². The Kier molecular flexibility index (Phi) is 7.11. The first-order chi connectivity index (χ1) is 16.6. The van der Waals surface area contributed by atoms with Crippen LogP contribution >= 0.6 is 0 Å². The molecule has 0 spiro atoms. The van der Waals surface area contributed by atoms with Gasteiger partial charge < -0.3 is 20.5 Å². The molecule has 1 unspecified atom stereocenters. The number of amides is 2. The lowest BCUT2D eigenvalue weighted by Crippen LogP contribution is -2.48. The fourth-order valence-electron chi connectivity index (χ4n) is 4.51. The molecule has 3 N–H and O–H groups in total. The molecule has 1 saturated carbocycles. The first-order valence-electron chi connectivity index (χ1n) is 11.4. The van der Waals surface area contributed by atoms with E-state index in [0.29, 0.717) is 6.42 Å². The van der Waals surface area contributed by atoms with Gasteiger partial charge in [0.2, 0.25) is 5.91 Å². The van der Waals surface area contributed by atoms with Crippen LogP contribution in [0.15, 0.2) is 48.5 Å². The molecule has 3 atom stereocenters. The number of hydrogen-bond acceptors (Lipinski definition) is 6. The average molecular weight is 501 g/mol. The number of hydrogen-bond donors (Lipinski definition) is 3. The van der Waals surface area contributed by atoms with Crippen molar-refractivity contribution in [2.45, 2.75) is 24.8 Å². The van der Waals surface area contributed by atoms with Crippen molar-refractivity contribution >= 4 is 27.8 Å². The highest BCUT2D eigenvalue weighted by molar-refractivity contribution is 7.90. The van der Waals surface area contributed by atoms with Gasteiger partial charge in [-0.3, -0.25) is 9.59 Å². The maximum Gasteiger partial charge on any atom is 0.407 e. The second kappa shape index (κ2) is 10.1. The monoisotopic (exact) mass is 500 g/mol. The Bertz CT molecular complexity index is 1200. The molecule has 0 radical (unpaired) electrons. The van der Waals surface area contributed by atoms with Crippen LogP contribution in [0.3, 0.4) is 0 Å². The largest absolute Gasteiger partial charge is 0.481 e. The van der Waals surface area contributed by atoms with Crippen molar-refractivity contribution in [2.75, 3.05) is 25.2 Å². The normalized spacial score (nSPS) is 19.2. The van der Waals surface area contributed by atoms with Crippen molar-refractivity contribution in [3.63, 3.8) is 0 Å². The number of aliphatic carboxylic acids is 1. The molecule has 0 aliphatic heterocycles. The van der Waals surface area contributed by atoms with Crippen molar-refractivity contribution < 1.29 is 32.6 Å². The minimum absolute atomic E-state index is 0.0582. The van der Waals surface area contributed by atoms with Crippen molar-refractivity contribution in [1.82, 2.24) is 10.6 Å². The summed E-state index contributed by atoms with van der Waals surface area (Å²) in [5, 5.41) is 14.1. The Labute approximate surface area is 203 Å². The predicted octanol–water partition coefficient (Wildman–Crippen LogP) is 2.17. The number of nitrogens with one attached hydrogen (secondary N) is 2. The molecule has 10 heteroatoms. The molecular formula is C25H28N2O7S. The van der Waals surface area contributed by atoms with Gasteiger partial charge in [-0.2, -0.15) is 0 Å². The summed E-state index contributed by atoms with van der Waals surface area (Å²) < 4.78 is 28.7. The van der Waals surface area contributed by atoms with E-state index < -0.39 is 39.8 Å². The first-order valence-corrected chi connectivity index (χ1v) is 13.5. The van der Waals surface area contributed by atoms with Crippen molar-refractivity contribution in [3.8, 4) is 11.1 Å². The van der Waals surface area contributed by atoms with Crippen LogP contribution in [0.5, 0.6) is 0 Å². The molecule has 2 aromatic rings. The Morgan fingerprint density at radius 3 is 2.20 bits per heavy atom. The number of carboxylic acid groups (broad SMARTS) is 1. The second-order valence-corrected chi connectivity index (χ2v) is 11.4. The maximum absolute atomic E-state index is 12.7. The molecule has 0 aromatic heterocycles. The lowest BCUT2D eigenvalue weighted by atomic mass is 9.98. The molecule has 0 bridgehead atoms. The third-order valence-corrected chi connectivity index (χ3v) is 7.49. The number of carboxylic acids is 1. The zero-order valence-electron chi connectivity index (χ0n) is 19.3. The fraction of sp³-hybridized carbons (Fsp3) is 0.400. The fourth-order valence-corrected chi connectivity index (χ4v) is 5.18. The van der Waals surface area contributed by atoms with Gasteiger partial charge in [-0.05, 0) is 41.0 Å². The molecule has 2 aromatic carbocycles. The summed E-state index contributed by atoms with van der Waals surface area (Å²) in [6.07, 6.45) is 0.581. The Hall–Kier alpha value is -3.40. The van der Waals surface area contributed by atoms with Crippen LogP contribution < -0.4 is 10.6 Å². The molecule has 2 amide bonds. The summed E-state index contributed by atoms with van der Waals surface area (Å²) in [5.41, 5.74) is 4.26. The summed E-state index contributed by atoms with van der Waals surface area (Å²) in [7, 11) is -3.37. The minimum atomic E-state index is -3.37. The standard InChI is InChI=1S/C25H28N2O7S/c1-35(32,33)11-10-22(23(28)26-13-15-12-20(15)24(29)30)27-25(31)34-14-21-18-8-4-2-6-16(18)17-7-3-5-9-19(17)21/h2-9,15,20-22H,10-14H2,1H3,(H,26,28)(H,27,31)(H,29,30)/t15-,20-,22?/m1/s1. The van der Waals surface area contributed by atoms with Gasteiger partial charge in [-0.15, -0.1) is 0 Å². The highest BCUT2D eigenvalue weighted by Crippen LogP contribution is 2.44. The van der Waals surface area contributed by atoms with Crippen molar-refractivity contribution in [1.29, 1.82) is 0 Å². The quantitative estimate of drug-likeness (QED) is 0.454. The van der Waals surface area contributed by atoms with Gasteiger partial charge in [-0.25, -0.2) is 13.2 Å². The van der Waals surface area contributed by atoms with Gasteiger partial charge in [-0.1, -0.05) is 48.5 Å². The minimum Gasteiger partial charge on any atom is -0.481 e. The van der Waals surface area contributed by atoms with E-state index in [2.05, 4.69) is 10.6 Å². The van der Waals surface area contributed by atoms with Crippen LogP contribution in [0.2, 0.25) is 0 Å². The zero-order valence-corrected chi connectivity index (χ0v) is 20.1. The zero-order chi connectivity index (χ0) is 25.2. The highest BCUT2D eigenvalue weighted by Gasteiger charge is 2.43. The van der Waals surface area contributed by atoms with E-state index in [0.717, 1.165) is 28.5 Å². The van der Waals surface area contributed by atoms with Crippen LogP contribution in [0.25, 0.3) is 11.1 Å². The third-order valence-electron chi connectivity index (χ3n) is 6.51. The third kappa shape index (κ3) is 6.00. The summed E-state index contributed by atoms with van der Waals surface area (Å²) in [6, 6.07) is 14.7. The molecule has 2 aliphatic rings. The summed E-state index contributed by atoms with van der Waals surface area (Å²) in [4.78, 5) is 36.3. The number of carbonyl (C=O) groups excluding carboxylic acids is 2. The summed E-state index contributed by atoms with van der Waals surface area (Å²) in [6.45, 7) is 0.209. The lowest BCUT2D eigenvalue weighted by Gasteiger charge is -2.19. The van der Waals surface area contributed by atoms with Gasteiger partial charge >= 0.3 is 12.1 Å². The molecule has 4 rings (SSSR count). The Morgan fingerprint density at radius 2 is 1.66 bits per heavy atom. The molecule has 186 valence electrons. The first kappa shape index (κ1) is 24.7. The van der Waals surface area contributed by atoms with Crippen LogP contribution in [-0.4, -0.2) is 62.7 Å². The number of fused-ring (bicyclic) bond motifs is 3. The maximum atomic E-state index is 12.7. The van der Waals surface area contributed by atoms with E-state index in [-0.39, 0.29) is 37.2 Å². The Morgan fingerprint density at radius 1 is 1.06 bits per heavy atom. The van der Waals surface area contributed by atoms with E-state index in [4.69, 9.17) is 9.84 Å². The van der Waals surface area contributed by atoms with E-state index in [9.17, 15) is 22.8 Å². The number of sulfone groups is 1. The van der Waals surface area contributed by atoms with Crippen LogP contribution in [0.1, 0.15) is 29.9 Å². The molecule has 2 aliphatic carbocycles. The van der Waals surface area contributed by atoms with E-state index in [1.807, 2.05) is 48.5 Å². The smallest absolute Gasteiger partial charge is 0.407 e. The number of ether oxygens (including phenoxy) is 1. The van der Waals surface area contributed by atoms with E-state index in [1.54, 1.807) is 0 Å². The summed E-state index contributed by atoms with van der Waals surface area (Å²) in [5.74, 6) is -2.58. The molecule has 35 heavy (non-hydrogen) atoms. The number of rotatable bonds is 10. The average Bonchev–Trinajstić information content (AvgIpc) is 3.54. The van der Waals surface area contributed by atoms with Crippen LogP contribution in [-0.2, 0) is 24.2 Å². The number of benzene rings is 2. The van der Waals surface area contributed by atoms with E-state index >= 15 is 0 Å². The van der Waals surface area contributed by atoms with Gasteiger partial charge in [0.15, 0.2) is 0 Å². The van der Waals surface area contributed by atoms with Gasteiger partial charge in [0.25, 0.3) is 0 Å².